The maximum absolute atomic E-state index is 11.7. The van der Waals surface area contributed by atoms with Crippen molar-refractivity contribution in [3.05, 3.63) is 12.4 Å². The molecule has 0 radical (unpaired) electrons. The Hall–Kier alpha value is -1.17. The van der Waals surface area contributed by atoms with Crippen LogP contribution in [0.25, 0.3) is 0 Å². The van der Waals surface area contributed by atoms with Gasteiger partial charge in [-0.05, 0) is 6.42 Å². The van der Waals surface area contributed by atoms with Crippen LogP contribution < -0.4 is 5.32 Å². The Labute approximate surface area is 89.9 Å². The van der Waals surface area contributed by atoms with Crippen LogP contribution >= 0.6 is 0 Å². The molecular formula is C9H15N3O2S. The Morgan fingerprint density at radius 2 is 1.93 bits per heavy atom. The predicted octanol–water partition coefficient (Wildman–Crippen LogP) is 1.09. The number of unbranched alkanes of at least 4 members (excludes halogenated alkanes) is 1. The highest BCUT2D eigenvalue weighted by atomic mass is 32.2. The number of anilines is 1. The molecule has 1 heterocycles. The summed E-state index contributed by atoms with van der Waals surface area (Å²) in [5.41, 5.74) is 0. The number of nitrogens with zero attached hydrogens (tertiary/aromatic N) is 2. The van der Waals surface area contributed by atoms with Crippen LogP contribution in [-0.4, -0.2) is 31.2 Å². The highest BCUT2D eigenvalue weighted by Crippen LogP contribution is 2.11. The third-order valence-corrected chi connectivity index (χ3v) is 3.73. The summed E-state index contributed by atoms with van der Waals surface area (Å²) in [4.78, 5) is 7.93. The molecule has 0 aliphatic rings. The minimum Gasteiger partial charge on any atom is -0.357 e. The molecule has 0 atom stereocenters. The summed E-state index contributed by atoms with van der Waals surface area (Å²) < 4.78 is 23.4. The SMILES string of the molecule is CCCCS(=O)(=O)c1cnc(NC)nc1. The number of sulfone groups is 1. The molecule has 15 heavy (non-hydrogen) atoms. The second-order valence-electron chi connectivity index (χ2n) is 3.16. The molecule has 5 nitrogen and oxygen atoms in total. The molecule has 0 spiro atoms. The smallest absolute Gasteiger partial charge is 0.222 e. The molecular weight excluding hydrogens is 214 g/mol. The summed E-state index contributed by atoms with van der Waals surface area (Å²) in [6.07, 6.45) is 4.19. The molecule has 1 N–H and O–H groups in total. The molecule has 0 fully saturated rings. The number of hydrogen-bond acceptors (Lipinski definition) is 5. The van der Waals surface area contributed by atoms with Gasteiger partial charge in [-0.2, -0.15) is 0 Å². The summed E-state index contributed by atoms with van der Waals surface area (Å²) >= 11 is 0. The van der Waals surface area contributed by atoms with Gasteiger partial charge in [-0.1, -0.05) is 13.3 Å². The zero-order valence-corrected chi connectivity index (χ0v) is 9.71. The molecule has 0 bridgehead atoms. The van der Waals surface area contributed by atoms with Crippen molar-refractivity contribution in [2.45, 2.75) is 24.7 Å². The average molecular weight is 229 g/mol. The van der Waals surface area contributed by atoms with E-state index in [0.717, 1.165) is 6.42 Å². The van der Waals surface area contributed by atoms with E-state index in [1.807, 2.05) is 6.92 Å². The van der Waals surface area contributed by atoms with Gasteiger partial charge in [0.2, 0.25) is 5.95 Å². The van der Waals surface area contributed by atoms with Gasteiger partial charge in [0.25, 0.3) is 0 Å². The first-order valence-electron chi connectivity index (χ1n) is 4.82. The van der Waals surface area contributed by atoms with Gasteiger partial charge in [0.1, 0.15) is 4.90 Å². The first-order chi connectivity index (χ1) is 7.10. The Balaban J connectivity index is 2.86. The first kappa shape index (κ1) is 11.9. The molecule has 1 aromatic rings. The molecule has 0 aromatic carbocycles. The Bertz CT molecular complexity index is 400. The van der Waals surface area contributed by atoms with Crippen LogP contribution in [0.4, 0.5) is 5.95 Å². The van der Waals surface area contributed by atoms with Crippen molar-refractivity contribution in [1.82, 2.24) is 9.97 Å². The average Bonchev–Trinajstić information content (AvgIpc) is 2.26. The lowest BCUT2D eigenvalue weighted by atomic mass is 10.4. The second kappa shape index (κ2) is 5.06. The lowest BCUT2D eigenvalue weighted by Gasteiger charge is -2.03. The molecule has 6 heteroatoms. The Kier molecular flexibility index (Phi) is 4.02. The lowest BCUT2D eigenvalue weighted by molar-refractivity contribution is 0.592. The zero-order chi connectivity index (χ0) is 11.3. The highest BCUT2D eigenvalue weighted by molar-refractivity contribution is 7.91. The third kappa shape index (κ3) is 3.16. The van der Waals surface area contributed by atoms with E-state index in [0.29, 0.717) is 12.4 Å². The number of nitrogens with one attached hydrogen (secondary N) is 1. The van der Waals surface area contributed by atoms with E-state index in [1.165, 1.54) is 12.4 Å². The summed E-state index contributed by atoms with van der Waals surface area (Å²) in [7, 11) is -1.52. The van der Waals surface area contributed by atoms with Crippen LogP contribution in [0.15, 0.2) is 17.3 Å². The van der Waals surface area contributed by atoms with Crippen LogP contribution in [0.3, 0.4) is 0 Å². The lowest BCUT2D eigenvalue weighted by Crippen LogP contribution is -2.08. The maximum atomic E-state index is 11.7. The van der Waals surface area contributed by atoms with E-state index in [1.54, 1.807) is 7.05 Å². The van der Waals surface area contributed by atoms with Gasteiger partial charge >= 0.3 is 0 Å². The fourth-order valence-corrected chi connectivity index (χ4v) is 2.39. The van der Waals surface area contributed by atoms with Crippen molar-refractivity contribution in [3.8, 4) is 0 Å². The largest absolute Gasteiger partial charge is 0.357 e. The molecule has 84 valence electrons. The predicted molar refractivity (Wildman–Crippen MR) is 58.5 cm³/mol. The van der Waals surface area contributed by atoms with Crippen molar-refractivity contribution in [3.63, 3.8) is 0 Å². The van der Waals surface area contributed by atoms with Crippen molar-refractivity contribution in [2.75, 3.05) is 18.1 Å². The molecule has 0 aliphatic heterocycles. The van der Waals surface area contributed by atoms with Gasteiger partial charge in [-0.3, -0.25) is 0 Å². The van der Waals surface area contributed by atoms with E-state index >= 15 is 0 Å². The van der Waals surface area contributed by atoms with Crippen LogP contribution in [0.5, 0.6) is 0 Å². The molecule has 0 saturated carbocycles. The van der Waals surface area contributed by atoms with Gasteiger partial charge < -0.3 is 5.32 Å². The van der Waals surface area contributed by atoms with Crippen LogP contribution in [0.1, 0.15) is 19.8 Å². The molecule has 0 aliphatic carbocycles. The van der Waals surface area contributed by atoms with Crippen molar-refractivity contribution in [1.29, 1.82) is 0 Å². The van der Waals surface area contributed by atoms with E-state index in [-0.39, 0.29) is 10.6 Å². The summed E-state index contributed by atoms with van der Waals surface area (Å²) in [6.45, 7) is 1.95. The van der Waals surface area contributed by atoms with Crippen LogP contribution in [0, 0.1) is 0 Å². The van der Waals surface area contributed by atoms with Gasteiger partial charge in [0.05, 0.1) is 18.1 Å². The first-order valence-corrected chi connectivity index (χ1v) is 6.48. The fraction of sp³-hybridized carbons (Fsp3) is 0.556. The monoisotopic (exact) mass is 229 g/mol. The highest BCUT2D eigenvalue weighted by Gasteiger charge is 2.14. The maximum Gasteiger partial charge on any atom is 0.222 e. The molecule has 0 amide bonds. The van der Waals surface area contributed by atoms with E-state index in [4.69, 9.17) is 0 Å². The normalized spacial score (nSPS) is 11.3. The molecule has 1 aromatic heterocycles. The van der Waals surface area contributed by atoms with Gasteiger partial charge in [-0.25, -0.2) is 18.4 Å². The van der Waals surface area contributed by atoms with Gasteiger partial charge in [0, 0.05) is 7.05 Å². The molecule has 1 rings (SSSR count). The molecule has 0 unspecified atom stereocenters. The van der Waals surface area contributed by atoms with E-state index in [2.05, 4.69) is 15.3 Å². The summed E-state index contributed by atoms with van der Waals surface area (Å²) in [6, 6.07) is 0. The Morgan fingerprint density at radius 3 is 2.40 bits per heavy atom. The van der Waals surface area contributed by atoms with E-state index < -0.39 is 9.84 Å². The zero-order valence-electron chi connectivity index (χ0n) is 8.90. The Morgan fingerprint density at radius 1 is 1.33 bits per heavy atom. The third-order valence-electron chi connectivity index (χ3n) is 1.98. The minimum atomic E-state index is -3.20. The van der Waals surface area contributed by atoms with Crippen LogP contribution in [-0.2, 0) is 9.84 Å². The second-order valence-corrected chi connectivity index (χ2v) is 5.27. The quantitative estimate of drug-likeness (QED) is 0.818. The van der Waals surface area contributed by atoms with Gasteiger partial charge in [-0.15, -0.1) is 0 Å². The van der Waals surface area contributed by atoms with E-state index in [9.17, 15) is 8.42 Å². The standard InChI is InChI=1S/C9H15N3O2S/c1-3-4-5-15(13,14)8-6-11-9(10-2)12-7-8/h6-7H,3-5H2,1-2H3,(H,10,11,12). The molecule has 0 saturated heterocycles. The summed E-state index contributed by atoms with van der Waals surface area (Å²) in [5.74, 6) is 0.579. The minimum absolute atomic E-state index is 0.158. The van der Waals surface area contributed by atoms with Crippen molar-refractivity contribution in [2.24, 2.45) is 0 Å². The van der Waals surface area contributed by atoms with Crippen molar-refractivity contribution >= 4 is 15.8 Å². The summed E-state index contributed by atoms with van der Waals surface area (Å²) in [5, 5.41) is 2.73. The topological polar surface area (TPSA) is 72.0 Å². The number of rotatable bonds is 5. The van der Waals surface area contributed by atoms with Crippen molar-refractivity contribution < 1.29 is 8.42 Å². The van der Waals surface area contributed by atoms with Crippen LogP contribution in [0.2, 0.25) is 0 Å². The fourth-order valence-electron chi connectivity index (χ4n) is 1.06. The number of aromatic nitrogens is 2. The van der Waals surface area contributed by atoms with Gasteiger partial charge in [0.15, 0.2) is 9.84 Å². The number of hydrogen-bond donors (Lipinski definition) is 1.